The van der Waals surface area contributed by atoms with Crippen LogP contribution in [0.25, 0.3) is 10.8 Å². The number of hydrogen-bond donors (Lipinski definition) is 0. The van der Waals surface area contributed by atoms with E-state index in [1.807, 2.05) is 42.5 Å². The predicted octanol–water partition coefficient (Wildman–Crippen LogP) is 4.31. The van der Waals surface area contributed by atoms with Crippen molar-refractivity contribution in [2.24, 2.45) is 0 Å². The molecule has 0 saturated carbocycles. The predicted molar refractivity (Wildman–Crippen MR) is 87.1 cm³/mol. The number of rotatable bonds is 4. The Morgan fingerprint density at radius 3 is 2.18 bits per heavy atom. The van der Waals surface area contributed by atoms with Crippen LogP contribution >= 0.6 is 0 Å². The van der Waals surface area contributed by atoms with Crippen molar-refractivity contribution < 1.29 is 12.6 Å². The molecule has 0 amide bonds. The molecule has 0 N–H and O–H groups in total. The third-order valence-corrected chi connectivity index (χ3v) is 4.94. The van der Waals surface area contributed by atoms with Gasteiger partial charge in [0, 0.05) is 0 Å². The lowest BCUT2D eigenvalue weighted by atomic mass is 10.0. The van der Waals surface area contributed by atoms with Gasteiger partial charge in [-0.25, -0.2) is 0 Å². The van der Waals surface area contributed by atoms with Crippen LogP contribution in [0.4, 0.5) is 0 Å². The van der Waals surface area contributed by atoms with Crippen molar-refractivity contribution in [2.75, 3.05) is 0 Å². The average Bonchev–Trinajstić information content (AvgIpc) is 2.55. The van der Waals surface area contributed by atoms with E-state index >= 15 is 0 Å². The van der Waals surface area contributed by atoms with E-state index in [1.165, 1.54) is 12.1 Å². The highest BCUT2D eigenvalue weighted by Gasteiger charge is 2.19. The quantitative estimate of drug-likeness (QED) is 0.674. The van der Waals surface area contributed by atoms with Gasteiger partial charge in [-0.15, -0.1) is 0 Å². The van der Waals surface area contributed by atoms with Crippen molar-refractivity contribution in [3.8, 4) is 0 Å². The van der Waals surface area contributed by atoms with Gasteiger partial charge in [0.1, 0.15) is 0 Å². The first kappa shape index (κ1) is 14.8. The molecule has 0 aliphatic carbocycles. The third kappa shape index (κ3) is 3.03. The maximum atomic E-state index is 12.3. The molecule has 0 saturated heterocycles. The summed E-state index contributed by atoms with van der Waals surface area (Å²) in [5, 5.41) is 2.18. The van der Waals surface area contributed by atoms with Crippen LogP contribution in [-0.4, -0.2) is 8.42 Å². The molecule has 0 heterocycles. The lowest BCUT2D eigenvalue weighted by molar-refractivity contribution is 0.234. The van der Waals surface area contributed by atoms with Crippen LogP contribution < -0.4 is 0 Å². The molecular weight excluding hydrogens is 296 g/mol. The zero-order valence-corrected chi connectivity index (χ0v) is 13.0. The van der Waals surface area contributed by atoms with Gasteiger partial charge in [0.15, 0.2) is 0 Å². The number of hydrogen-bond acceptors (Lipinski definition) is 3. The molecule has 3 rings (SSSR count). The van der Waals surface area contributed by atoms with Crippen LogP contribution in [0, 0.1) is 0 Å². The van der Waals surface area contributed by atoms with Crippen LogP contribution in [-0.2, 0) is 14.3 Å². The SMILES string of the molecule is CC(OS(=O)(=O)c1ccccc1)c1ccc2ccccc2c1. The van der Waals surface area contributed by atoms with Gasteiger partial charge in [0.2, 0.25) is 0 Å². The van der Waals surface area contributed by atoms with Crippen LogP contribution in [0.1, 0.15) is 18.6 Å². The zero-order valence-electron chi connectivity index (χ0n) is 12.1. The van der Waals surface area contributed by atoms with E-state index in [2.05, 4.69) is 0 Å². The molecule has 3 nitrogen and oxygen atoms in total. The molecule has 0 bridgehead atoms. The summed E-state index contributed by atoms with van der Waals surface area (Å²) in [6.45, 7) is 1.74. The summed E-state index contributed by atoms with van der Waals surface area (Å²) in [5.41, 5.74) is 0.832. The van der Waals surface area contributed by atoms with Gasteiger partial charge < -0.3 is 0 Å². The Morgan fingerprint density at radius 2 is 1.45 bits per heavy atom. The Hall–Kier alpha value is -2.17. The first-order chi connectivity index (χ1) is 10.6. The molecule has 0 fully saturated rings. The van der Waals surface area contributed by atoms with Crippen molar-refractivity contribution in [3.63, 3.8) is 0 Å². The zero-order chi connectivity index (χ0) is 15.6. The van der Waals surface area contributed by atoms with Gasteiger partial charge in [0.05, 0.1) is 11.0 Å². The second-order valence-electron chi connectivity index (χ2n) is 5.11. The molecular formula is C18H16O3S. The van der Waals surface area contributed by atoms with E-state index < -0.39 is 16.2 Å². The fraction of sp³-hybridized carbons (Fsp3) is 0.111. The summed E-state index contributed by atoms with van der Waals surface area (Å²) >= 11 is 0. The van der Waals surface area contributed by atoms with Crippen molar-refractivity contribution in [1.82, 2.24) is 0 Å². The molecule has 0 aromatic heterocycles. The van der Waals surface area contributed by atoms with Gasteiger partial charge in [-0.2, -0.15) is 8.42 Å². The molecule has 3 aromatic rings. The lowest BCUT2D eigenvalue weighted by Gasteiger charge is -2.14. The number of fused-ring (bicyclic) bond motifs is 1. The monoisotopic (exact) mass is 312 g/mol. The minimum Gasteiger partial charge on any atom is -0.258 e. The Balaban J connectivity index is 1.88. The summed E-state index contributed by atoms with van der Waals surface area (Å²) in [6, 6.07) is 22.0. The third-order valence-electron chi connectivity index (χ3n) is 3.55. The fourth-order valence-electron chi connectivity index (χ4n) is 2.35. The van der Waals surface area contributed by atoms with Crippen LogP contribution in [0.3, 0.4) is 0 Å². The summed E-state index contributed by atoms with van der Waals surface area (Å²) in [4.78, 5) is 0.169. The first-order valence-electron chi connectivity index (χ1n) is 7.03. The molecule has 1 atom stereocenters. The Morgan fingerprint density at radius 1 is 0.818 bits per heavy atom. The summed E-state index contributed by atoms with van der Waals surface area (Å²) in [7, 11) is -3.76. The molecule has 1 unspecified atom stereocenters. The second kappa shape index (κ2) is 5.91. The topological polar surface area (TPSA) is 43.4 Å². The standard InChI is InChI=1S/C18H16O3S/c1-14(21-22(19,20)18-9-3-2-4-10-18)16-12-11-15-7-5-6-8-17(15)13-16/h2-14H,1H3. The minimum absolute atomic E-state index is 0.169. The molecule has 3 aromatic carbocycles. The fourth-order valence-corrected chi connectivity index (χ4v) is 3.44. The first-order valence-corrected chi connectivity index (χ1v) is 8.44. The van der Waals surface area contributed by atoms with Crippen LogP contribution in [0.15, 0.2) is 77.7 Å². The molecule has 0 aliphatic rings. The van der Waals surface area contributed by atoms with E-state index in [1.54, 1.807) is 25.1 Å². The second-order valence-corrected chi connectivity index (χ2v) is 6.68. The molecule has 4 heteroatoms. The van der Waals surface area contributed by atoms with Gasteiger partial charge in [-0.05, 0) is 41.5 Å². The average molecular weight is 312 g/mol. The van der Waals surface area contributed by atoms with Crippen molar-refractivity contribution in [1.29, 1.82) is 0 Å². The Labute approximate surface area is 130 Å². The maximum Gasteiger partial charge on any atom is 0.297 e. The number of benzene rings is 3. The summed E-state index contributed by atoms with van der Waals surface area (Å²) in [6.07, 6.45) is -0.546. The molecule has 0 radical (unpaired) electrons. The maximum absolute atomic E-state index is 12.3. The van der Waals surface area contributed by atoms with E-state index in [4.69, 9.17) is 4.18 Å². The van der Waals surface area contributed by atoms with Crippen molar-refractivity contribution in [3.05, 3.63) is 78.4 Å². The lowest BCUT2D eigenvalue weighted by Crippen LogP contribution is -2.10. The highest BCUT2D eigenvalue weighted by atomic mass is 32.2. The smallest absolute Gasteiger partial charge is 0.258 e. The van der Waals surface area contributed by atoms with Crippen molar-refractivity contribution >= 4 is 20.9 Å². The van der Waals surface area contributed by atoms with Gasteiger partial charge in [0.25, 0.3) is 10.1 Å². The summed E-state index contributed by atoms with van der Waals surface area (Å²) in [5.74, 6) is 0. The Kier molecular flexibility index (Phi) is 3.96. The van der Waals surface area contributed by atoms with Gasteiger partial charge >= 0.3 is 0 Å². The van der Waals surface area contributed by atoms with Crippen LogP contribution in [0.5, 0.6) is 0 Å². The van der Waals surface area contributed by atoms with Crippen molar-refractivity contribution in [2.45, 2.75) is 17.9 Å². The van der Waals surface area contributed by atoms with E-state index in [-0.39, 0.29) is 4.90 Å². The molecule has 112 valence electrons. The van der Waals surface area contributed by atoms with E-state index in [9.17, 15) is 8.42 Å². The largest absolute Gasteiger partial charge is 0.297 e. The highest BCUT2D eigenvalue weighted by molar-refractivity contribution is 7.86. The van der Waals surface area contributed by atoms with E-state index in [0.717, 1.165) is 16.3 Å². The van der Waals surface area contributed by atoms with Gasteiger partial charge in [-0.3, -0.25) is 4.18 Å². The molecule has 0 aliphatic heterocycles. The highest BCUT2D eigenvalue weighted by Crippen LogP contribution is 2.26. The van der Waals surface area contributed by atoms with E-state index in [0.29, 0.717) is 0 Å². The van der Waals surface area contributed by atoms with Crippen LogP contribution in [0.2, 0.25) is 0 Å². The minimum atomic E-state index is -3.76. The summed E-state index contributed by atoms with van der Waals surface area (Å²) < 4.78 is 29.8. The molecule has 22 heavy (non-hydrogen) atoms. The molecule has 0 spiro atoms. The van der Waals surface area contributed by atoms with Gasteiger partial charge in [-0.1, -0.05) is 54.6 Å². The Bertz CT molecular complexity index is 886. The normalized spacial score (nSPS) is 13.1.